The summed E-state index contributed by atoms with van der Waals surface area (Å²) in [5.74, 6) is 2.65. The topological polar surface area (TPSA) is 87.7 Å². The van der Waals surface area contributed by atoms with Crippen LogP contribution in [0.3, 0.4) is 0 Å². The SMILES string of the molecule is Cc1ccc2nc(N3CCS(=O)(=NC4CC4)c4ccccc4C3)nc(N3C[C@@H](C)C[C@H](N)C3)c2c1. The molecule has 3 aliphatic rings. The molecule has 1 saturated carbocycles. The smallest absolute Gasteiger partial charge is 0.228 e. The lowest BCUT2D eigenvalue weighted by atomic mass is 9.96. The maximum Gasteiger partial charge on any atom is 0.228 e. The molecule has 3 atom stereocenters. The van der Waals surface area contributed by atoms with Crippen LogP contribution < -0.4 is 15.5 Å². The molecule has 7 nitrogen and oxygen atoms in total. The molecule has 2 aliphatic heterocycles. The van der Waals surface area contributed by atoms with Crippen molar-refractivity contribution in [3.63, 3.8) is 0 Å². The molecule has 35 heavy (non-hydrogen) atoms. The van der Waals surface area contributed by atoms with Crippen molar-refractivity contribution in [2.75, 3.05) is 35.2 Å². The van der Waals surface area contributed by atoms with E-state index in [9.17, 15) is 4.21 Å². The molecular formula is C27H34N6OS. The van der Waals surface area contributed by atoms with Crippen molar-refractivity contribution in [2.45, 2.75) is 56.6 Å². The summed E-state index contributed by atoms with van der Waals surface area (Å²) in [4.78, 5) is 15.6. The molecule has 8 heteroatoms. The van der Waals surface area contributed by atoms with Gasteiger partial charge in [0.2, 0.25) is 5.95 Å². The first-order chi connectivity index (χ1) is 16.9. The Morgan fingerprint density at radius 3 is 2.71 bits per heavy atom. The van der Waals surface area contributed by atoms with Crippen molar-refractivity contribution in [2.24, 2.45) is 16.0 Å². The summed E-state index contributed by atoms with van der Waals surface area (Å²) >= 11 is 0. The van der Waals surface area contributed by atoms with Gasteiger partial charge < -0.3 is 15.5 Å². The maximum atomic E-state index is 14.1. The highest BCUT2D eigenvalue weighted by Crippen LogP contribution is 2.34. The van der Waals surface area contributed by atoms with Crippen molar-refractivity contribution in [3.8, 4) is 0 Å². The van der Waals surface area contributed by atoms with Gasteiger partial charge in [0, 0.05) is 37.6 Å². The van der Waals surface area contributed by atoms with Crippen LogP contribution in [0.25, 0.3) is 10.9 Å². The van der Waals surface area contributed by atoms with Gasteiger partial charge in [-0.05, 0) is 55.9 Å². The molecule has 184 valence electrons. The van der Waals surface area contributed by atoms with Crippen LogP contribution in [0, 0.1) is 12.8 Å². The average molecular weight is 491 g/mol. The Balaban J connectivity index is 1.44. The molecule has 1 unspecified atom stereocenters. The molecule has 1 aliphatic carbocycles. The first kappa shape index (κ1) is 22.7. The first-order valence-corrected chi connectivity index (χ1v) is 14.4. The molecule has 1 saturated heterocycles. The number of fused-ring (bicyclic) bond motifs is 2. The van der Waals surface area contributed by atoms with Crippen molar-refractivity contribution < 1.29 is 4.21 Å². The minimum absolute atomic E-state index is 0.135. The summed E-state index contributed by atoms with van der Waals surface area (Å²) < 4.78 is 18.9. The molecule has 6 rings (SSSR count). The van der Waals surface area contributed by atoms with Gasteiger partial charge in [0.1, 0.15) is 5.82 Å². The van der Waals surface area contributed by atoms with E-state index < -0.39 is 9.73 Å². The Morgan fingerprint density at radius 1 is 1.09 bits per heavy atom. The summed E-state index contributed by atoms with van der Waals surface area (Å²) in [7, 11) is -2.46. The molecule has 2 N–H and O–H groups in total. The maximum absolute atomic E-state index is 14.1. The van der Waals surface area contributed by atoms with Gasteiger partial charge >= 0.3 is 0 Å². The van der Waals surface area contributed by atoms with Gasteiger partial charge in [-0.1, -0.05) is 36.8 Å². The van der Waals surface area contributed by atoms with Crippen LogP contribution in [0.4, 0.5) is 11.8 Å². The van der Waals surface area contributed by atoms with Crippen molar-refractivity contribution in [1.82, 2.24) is 9.97 Å². The number of benzene rings is 2. The predicted octanol–water partition coefficient (Wildman–Crippen LogP) is 4.12. The van der Waals surface area contributed by atoms with Crippen molar-refractivity contribution in [3.05, 3.63) is 53.6 Å². The highest BCUT2D eigenvalue weighted by molar-refractivity contribution is 7.93. The third kappa shape index (κ3) is 4.49. The third-order valence-electron chi connectivity index (χ3n) is 7.28. The molecule has 2 fully saturated rings. The number of aromatic nitrogens is 2. The molecule has 0 spiro atoms. The molecule has 0 amide bonds. The van der Waals surface area contributed by atoms with Crippen LogP contribution in [0.1, 0.15) is 37.3 Å². The van der Waals surface area contributed by atoms with Gasteiger partial charge in [0.25, 0.3) is 0 Å². The van der Waals surface area contributed by atoms with E-state index in [0.717, 1.165) is 59.5 Å². The van der Waals surface area contributed by atoms with Crippen LogP contribution in [0.15, 0.2) is 51.7 Å². The Labute approximate surface area is 207 Å². The fourth-order valence-electron chi connectivity index (χ4n) is 5.44. The molecule has 0 bridgehead atoms. The molecule has 0 radical (unpaired) electrons. The highest BCUT2D eigenvalue weighted by Gasteiger charge is 2.31. The van der Waals surface area contributed by atoms with Gasteiger partial charge in [-0.2, -0.15) is 4.98 Å². The minimum atomic E-state index is -2.46. The number of rotatable bonds is 3. The van der Waals surface area contributed by atoms with Crippen LogP contribution in [-0.2, 0) is 16.3 Å². The second-order valence-electron chi connectivity index (χ2n) is 10.6. The molecule has 1 aromatic heterocycles. The zero-order chi connectivity index (χ0) is 24.2. The fourth-order valence-corrected chi connectivity index (χ4v) is 7.88. The largest absolute Gasteiger partial charge is 0.354 e. The summed E-state index contributed by atoms with van der Waals surface area (Å²) in [5.41, 5.74) is 9.60. The highest BCUT2D eigenvalue weighted by atomic mass is 32.2. The lowest BCUT2D eigenvalue weighted by molar-refractivity contribution is 0.400. The first-order valence-electron chi connectivity index (χ1n) is 12.7. The lowest BCUT2D eigenvalue weighted by Crippen LogP contribution is -2.47. The number of nitrogens with zero attached hydrogens (tertiary/aromatic N) is 5. The Bertz CT molecular complexity index is 1380. The summed E-state index contributed by atoms with van der Waals surface area (Å²) in [6, 6.07) is 14.8. The van der Waals surface area contributed by atoms with E-state index in [0.29, 0.717) is 30.7 Å². The summed E-state index contributed by atoms with van der Waals surface area (Å²) in [5, 5.41) is 1.07. The third-order valence-corrected chi connectivity index (χ3v) is 9.74. The molecule has 2 aromatic carbocycles. The fraction of sp³-hybridized carbons (Fsp3) is 0.481. The Morgan fingerprint density at radius 2 is 1.91 bits per heavy atom. The van der Waals surface area contributed by atoms with E-state index >= 15 is 0 Å². The molecule has 3 heterocycles. The number of aryl methyl sites for hydroxylation is 1. The summed E-state index contributed by atoms with van der Waals surface area (Å²) in [6.07, 6.45) is 3.14. The number of anilines is 2. The van der Waals surface area contributed by atoms with Gasteiger partial charge in [-0.15, -0.1) is 0 Å². The van der Waals surface area contributed by atoms with Crippen LogP contribution >= 0.6 is 0 Å². The van der Waals surface area contributed by atoms with E-state index in [2.05, 4.69) is 47.9 Å². The van der Waals surface area contributed by atoms with Crippen molar-refractivity contribution >= 4 is 32.4 Å². The van der Waals surface area contributed by atoms with E-state index in [1.165, 1.54) is 5.56 Å². The number of hydrogen-bond donors (Lipinski definition) is 1. The van der Waals surface area contributed by atoms with E-state index in [4.69, 9.17) is 20.1 Å². The molecular weight excluding hydrogens is 456 g/mol. The van der Waals surface area contributed by atoms with Gasteiger partial charge in [0.15, 0.2) is 0 Å². The normalized spacial score (nSPS) is 26.9. The second kappa shape index (κ2) is 8.75. The van der Waals surface area contributed by atoms with Gasteiger partial charge in [-0.3, -0.25) is 0 Å². The summed E-state index contributed by atoms with van der Waals surface area (Å²) in [6.45, 7) is 7.32. The predicted molar refractivity (Wildman–Crippen MR) is 142 cm³/mol. The monoisotopic (exact) mass is 490 g/mol. The van der Waals surface area contributed by atoms with Crippen LogP contribution in [-0.4, -0.2) is 51.6 Å². The second-order valence-corrected chi connectivity index (χ2v) is 12.9. The number of hydrogen-bond acceptors (Lipinski definition) is 7. The minimum Gasteiger partial charge on any atom is -0.354 e. The zero-order valence-corrected chi connectivity index (χ0v) is 21.4. The van der Waals surface area contributed by atoms with Crippen LogP contribution in [0.2, 0.25) is 0 Å². The van der Waals surface area contributed by atoms with E-state index in [1.807, 2.05) is 18.2 Å². The zero-order valence-electron chi connectivity index (χ0n) is 20.6. The standard InChI is InChI=1S/C27H34N6OS/c1-18-7-10-24-23(14-18)26(33-15-19(2)13-21(28)17-33)30-27(29-24)32-11-12-35(34,31-22-8-9-22)25-6-4-3-5-20(25)16-32/h3-7,10,14,19,21-22H,8-9,11-13,15-17,28H2,1-2H3/t19-,21-,35?/m0/s1. The lowest BCUT2D eigenvalue weighted by Gasteiger charge is -2.36. The van der Waals surface area contributed by atoms with Gasteiger partial charge in [0.05, 0.1) is 31.9 Å². The quantitative estimate of drug-likeness (QED) is 0.594. The number of piperidine rings is 1. The van der Waals surface area contributed by atoms with Gasteiger partial charge in [-0.25, -0.2) is 13.6 Å². The molecule has 3 aromatic rings. The Hall–Kier alpha value is -2.71. The number of nitrogens with two attached hydrogens (primary N) is 1. The van der Waals surface area contributed by atoms with E-state index in [-0.39, 0.29) is 12.1 Å². The van der Waals surface area contributed by atoms with Crippen molar-refractivity contribution in [1.29, 1.82) is 0 Å². The Kier molecular flexibility index (Phi) is 5.68. The van der Waals surface area contributed by atoms with E-state index in [1.54, 1.807) is 0 Å². The average Bonchev–Trinajstić information content (AvgIpc) is 3.65. The van der Waals surface area contributed by atoms with Crippen LogP contribution in [0.5, 0.6) is 0 Å².